The first-order valence-corrected chi connectivity index (χ1v) is 22.8. The zero-order valence-electron chi connectivity index (χ0n) is 34.4. The molecule has 0 radical (unpaired) electrons. The first kappa shape index (κ1) is 41.3. The van der Waals surface area contributed by atoms with Crippen LogP contribution in [0, 0.1) is 12.8 Å². The number of ether oxygens (including phenoxy) is 2. The van der Waals surface area contributed by atoms with Crippen LogP contribution in [0.3, 0.4) is 0 Å². The molecule has 0 saturated carbocycles. The molecule has 3 aromatic carbocycles. The van der Waals surface area contributed by atoms with E-state index in [1.165, 1.54) is 17.6 Å². The van der Waals surface area contributed by atoms with E-state index in [9.17, 15) is 0 Å². The molecule has 1 atom stereocenters. The van der Waals surface area contributed by atoms with Crippen LogP contribution in [0.1, 0.15) is 77.2 Å². The summed E-state index contributed by atoms with van der Waals surface area (Å²) in [5.74, 6) is -0.0134. The molecule has 0 amide bonds. The van der Waals surface area contributed by atoms with Gasteiger partial charge in [-0.2, -0.15) is 0 Å². The number of carbonyl (C=O) groups excluding carboxylic acids is 1. The van der Waals surface area contributed by atoms with Crippen LogP contribution >= 0.6 is 11.3 Å². The van der Waals surface area contributed by atoms with Gasteiger partial charge in [-0.25, -0.2) is 14.3 Å². The van der Waals surface area contributed by atoms with Gasteiger partial charge in [-0.15, -0.1) is 11.3 Å². The largest absolute Gasteiger partial charge is 0.508 e. The van der Waals surface area contributed by atoms with E-state index < -0.39 is 42.2 Å². The predicted octanol–water partition coefficient (Wildman–Crippen LogP) is 7.77. The Kier molecular flexibility index (Phi) is 11.9. The Morgan fingerprint density at radius 2 is 1.55 bits per heavy atom. The van der Waals surface area contributed by atoms with E-state index in [1.807, 2.05) is 79.7 Å². The van der Waals surface area contributed by atoms with Crippen molar-refractivity contribution in [3.8, 4) is 10.8 Å². The van der Waals surface area contributed by atoms with Crippen LogP contribution in [0.2, 0.25) is 5.04 Å². The number of rotatable bonds is 13. The van der Waals surface area contributed by atoms with Crippen molar-refractivity contribution in [2.45, 2.75) is 91.0 Å². The third-order valence-electron chi connectivity index (χ3n) is 11.6. The molecule has 6 aromatic rings. The smallest absolute Gasteiger partial charge is 0.333 e. The third-order valence-corrected chi connectivity index (χ3v) is 17.8. The second-order valence-electron chi connectivity index (χ2n) is 16.6. The summed E-state index contributed by atoms with van der Waals surface area (Å²) in [6.07, 6.45) is 5.05. The number of aryl methyl sites for hydroxylation is 2. The number of aromatic nitrogens is 3. The molecule has 4 heterocycles. The molecule has 1 saturated heterocycles. The molecular weight excluding hydrogens is 767 g/mol. The highest BCUT2D eigenvalue weighted by atomic mass is 32.1. The van der Waals surface area contributed by atoms with Crippen LogP contribution in [-0.2, 0) is 37.2 Å². The van der Waals surface area contributed by atoms with Crippen molar-refractivity contribution >= 4 is 46.2 Å². The lowest BCUT2D eigenvalue weighted by Crippen LogP contribution is -2.69. The van der Waals surface area contributed by atoms with Crippen molar-refractivity contribution in [2.24, 2.45) is 5.92 Å². The molecule has 0 N–H and O–H groups in total. The summed E-state index contributed by atoms with van der Waals surface area (Å²) in [4.78, 5) is 51.0. The number of carbonyl (C=O) groups is 1. The van der Waals surface area contributed by atoms with Crippen molar-refractivity contribution in [3.05, 3.63) is 135 Å². The molecule has 1 aliphatic rings. The first-order valence-electron chi connectivity index (χ1n) is 20.1. The number of thiophene rings is 1. The zero-order valence-corrected chi connectivity index (χ0v) is 36.3. The number of benzene rings is 3. The van der Waals surface area contributed by atoms with E-state index in [0.29, 0.717) is 52.3 Å². The molecule has 1 aliphatic heterocycles. The zero-order chi connectivity index (χ0) is 41.2. The number of oxazole rings is 1. The number of hydrogen-bond acceptors (Lipinski definition) is 9. The molecule has 3 aromatic heterocycles. The van der Waals surface area contributed by atoms with Gasteiger partial charge in [-0.05, 0) is 78.1 Å². The van der Waals surface area contributed by atoms with Gasteiger partial charge in [0.2, 0.25) is 5.89 Å². The van der Waals surface area contributed by atoms with E-state index in [4.69, 9.17) is 18.3 Å². The van der Waals surface area contributed by atoms with Crippen molar-refractivity contribution in [1.82, 2.24) is 14.1 Å². The van der Waals surface area contributed by atoms with Gasteiger partial charge in [0.1, 0.15) is 22.7 Å². The monoisotopic (exact) mass is 819 g/mol. The molecule has 0 bridgehead atoms. The first-order chi connectivity index (χ1) is 27.8. The number of nitrogens with zero attached hydrogens (tertiary/aromatic N) is 3. The molecule has 1 fully saturated rings. The van der Waals surface area contributed by atoms with E-state index in [2.05, 4.69) is 44.8 Å². The van der Waals surface area contributed by atoms with Gasteiger partial charge in [-0.1, -0.05) is 113 Å². The minimum Gasteiger partial charge on any atom is -0.508 e. The van der Waals surface area contributed by atoms with Crippen LogP contribution in [0.15, 0.2) is 111 Å². The van der Waals surface area contributed by atoms with Gasteiger partial charge < -0.3 is 18.3 Å². The SMILES string of the molecule is CCc1ccccc1[C@H](Cn1c(=O)n(C(C)(C)C(=O)O[Si](c2ccccc2)(c2ccccc2)C(C)(C)C)c(=O)c2c(C)c(-c3ncco3)sc21)OCC1CCOCC1. The van der Waals surface area contributed by atoms with Crippen molar-refractivity contribution in [3.63, 3.8) is 0 Å². The maximum Gasteiger partial charge on any atom is 0.333 e. The summed E-state index contributed by atoms with van der Waals surface area (Å²) in [7, 11) is -3.43. The van der Waals surface area contributed by atoms with E-state index >= 15 is 14.4 Å². The summed E-state index contributed by atoms with van der Waals surface area (Å²) in [6.45, 7) is 15.4. The van der Waals surface area contributed by atoms with Gasteiger partial charge in [0.15, 0.2) is 0 Å². The fourth-order valence-electron chi connectivity index (χ4n) is 8.29. The highest BCUT2D eigenvalue weighted by Crippen LogP contribution is 2.39. The Labute approximate surface area is 344 Å². The van der Waals surface area contributed by atoms with Gasteiger partial charge in [-0.3, -0.25) is 14.2 Å². The van der Waals surface area contributed by atoms with Crippen LogP contribution < -0.4 is 21.6 Å². The quantitative estimate of drug-likeness (QED) is 0.109. The molecule has 304 valence electrons. The van der Waals surface area contributed by atoms with Gasteiger partial charge >= 0.3 is 20.0 Å². The lowest BCUT2D eigenvalue weighted by Gasteiger charge is -2.43. The number of hydrogen-bond donors (Lipinski definition) is 0. The average molecular weight is 820 g/mol. The van der Waals surface area contributed by atoms with Crippen LogP contribution in [0.5, 0.6) is 0 Å². The Morgan fingerprint density at radius 3 is 2.14 bits per heavy atom. The molecule has 58 heavy (non-hydrogen) atoms. The topological polar surface area (TPSA) is 115 Å². The fourth-order valence-corrected chi connectivity index (χ4v) is 14.0. The Morgan fingerprint density at radius 1 is 0.931 bits per heavy atom. The molecular formula is C46H53N3O7SSi. The highest BCUT2D eigenvalue weighted by Gasteiger charge is 2.55. The molecule has 7 rings (SSSR count). The second kappa shape index (κ2) is 16.8. The predicted molar refractivity (Wildman–Crippen MR) is 232 cm³/mol. The highest BCUT2D eigenvalue weighted by molar-refractivity contribution is 7.22. The summed E-state index contributed by atoms with van der Waals surface area (Å²) >= 11 is 1.28. The molecule has 0 aliphatic carbocycles. The van der Waals surface area contributed by atoms with Crippen molar-refractivity contribution in [1.29, 1.82) is 0 Å². The Hall–Kier alpha value is -4.88. The lowest BCUT2D eigenvalue weighted by atomic mass is 9.99. The van der Waals surface area contributed by atoms with Crippen LogP contribution in [0.25, 0.3) is 21.0 Å². The van der Waals surface area contributed by atoms with E-state index in [0.717, 1.165) is 45.3 Å². The minimum atomic E-state index is -3.43. The molecule has 0 unspecified atom stereocenters. The van der Waals surface area contributed by atoms with Crippen LogP contribution in [-0.4, -0.2) is 48.2 Å². The maximum absolute atomic E-state index is 15.3. The van der Waals surface area contributed by atoms with Gasteiger partial charge in [0.05, 0.1) is 29.6 Å². The summed E-state index contributed by atoms with van der Waals surface area (Å²) < 4.78 is 27.8. The van der Waals surface area contributed by atoms with E-state index in [-0.39, 0.29) is 6.54 Å². The Balaban J connectivity index is 1.42. The van der Waals surface area contributed by atoms with Crippen LogP contribution in [0.4, 0.5) is 0 Å². The van der Waals surface area contributed by atoms with Gasteiger partial charge in [0.25, 0.3) is 5.56 Å². The number of fused-ring (bicyclic) bond motifs is 1. The van der Waals surface area contributed by atoms with Crippen molar-refractivity contribution in [2.75, 3.05) is 19.8 Å². The van der Waals surface area contributed by atoms with Crippen molar-refractivity contribution < 1.29 is 23.1 Å². The molecule has 0 spiro atoms. The fraction of sp³-hybridized carbons (Fsp3) is 0.391. The Bertz CT molecular complexity index is 2440. The third kappa shape index (κ3) is 7.58. The summed E-state index contributed by atoms with van der Waals surface area (Å²) in [5.41, 5.74) is -0.263. The van der Waals surface area contributed by atoms with Gasteiger partial charge in [0, 0.05) is 13.2 Å². The summed E-state index contributed by atoms with van der Waals surface area (Å²) in [6, 6.07) is 27.8. The second-order valence-corrected chi connectivity index (χ2v) is 21.9. The minimum absolute atomic E-state index is 0.0979. The maximum atomic E-state index is 15.3. The summed E-state index contributed by atoms with van der Waals surface area (Å²) in [5, 5.41) is 1.59. The van der Waals surface area contributed by atoms with E-state index in [1.54, 1.807) is 24.6 Å². The lowest BCUT2D eigenvalue weighted by molar-refractivity contribution is -0.144. The standard InChI is InChI=1S/C46H53N3O7SSi/c1-8-33-17-15-16-22-36(33)37(55-30-32-23-26-53-27-24-32)29-48-42-38(31(2)39(57-42)40-47-25-28-54-40)41(50)49(44(48)52)46(6,7)43(51)56-58(45(3,4)5,34-18-11-9-12-19-34)35-20-13-10-14-21-35/h9-22,25,28,32,37H,8,23-24,26-27,29-30H2,1-7H3/t37-/m0/s1. The molecule has 10 nitrogen and oxygen atoms in total. The molecule has 12 heteroatoms. The average Bonchev–Trinajstić information content (AvgIpc) is 3.88. The normalized spacial score (nSPS) is 14.8.